The zero-order chi connectivity index (χ0) is 15.4. The number of ether oxygens (including phenoxy) is 1. The van der Waals surface area contributed by atoms with E-state index < -0.39 is 5.97 Å². The fourth-order valence-corrected chi connectivity index (χ4v) is 2.70. The number of esters is 1. The molecule has 1 N–H and O–H groups in total. The van der Waals surface area contributed by atoms with Gasteiger partial charge in [-0.05, 0) is 39.0 Å². The van der Waals surface area contributed by atoms with E-state index >= 15 is 0 Å². The molecular weight excluding hydrogens is 288 g/mol. The van der Waals surface area contributed by atoms with Gasteiger partial charge >= 0.3 is 5.97 Å². The summed E-state index contributed by atoms with van der Waals surface area (Å²) in [5, 5.41) is 3.22. The second-order valence-electron chi connectivity index (χ2n) is 4.44. The van der Waals surface area contributed by atoms with E-state index in [1.54, 1.807) is 25.1 Å². The number of carbonyl (C=O) groups is 2. The number of carbonyl (C=O) groups excluding carboxylic acids is 2. The number of aromatic nitrogens is 1. The van der Waals surface area contributed by atoms with E-state index in [0.29, 0.717) is 22.9 Å². The number of anilines is 1. The second-order valence-corrected chi connectivity index (χ2v) is 5.69. The Bertz CT molecular complexity index is 679. The van der Waals surface area contributed by atoms with E-state index in [4.69, 9.17) is 4.74 Å². The first-order chi connectivity index (χ1) is 10.0. The summed E-state index contributed by atoms with van der Waals surface area (Å²) in [6, 6.07) is 6.92. The Kier molecular flexibility index (Phi) is 4.70. The molecule has 0 unspecified atom stereocenters. The molecule has 1 amide bonds. The molecule has 0 spiro atoms. The van der Waals surface area contributed by atoms with Gasteiger partial charge < -0.3 is 10.1 Å². The van der Waals surface area contributed by atoms with Crippen molar-refractivity contribution in [3.8, 4) is 0 Å². The van der Waals surface area contributed by atoms with Crippen molar-refractivity contribution in [3.05, 3.63) is 46.1 Å². The van der Waals surface area contributed by atoms with Gasteiger partial charge in [-0.25, -0.2) is 9.78 Å². The van der Waals surface area contributed by atoms with E-state index in [-0.39, 0.29) is 5.91 Å². The lowest BCUT2D eigenvalue weighted by Crippen LogP contribution is -2.15. The third kappa shape index (κ3) is 3.66. The zero-order valence-electron chi connectivity index (χ0n) is 12.1. The van der Waals surface area contributed by atoms with Crippen LogP contribution in [0.4, 0.5) is 5.00 Å². The summed E-state index contributed by atoms with van der Waals surface area (Å²) in [5.74, 6) is -0.777. The second kappa shape index (κ2) is 6.49. The van der Waals surface area contributed by atoms with Crippen molar-refractivity contribution in [1.82, 2.24) is 4.98 Å². The summed E-state index contributed by atoms with van der Waals surface area (Å²) < 4.78 is 4.99. The molecule has 2 heterocycles. The smallest absolute Gasteiger partial charge is 0.341 e. The van der Waals surface area contributed by atoms with Crippen LogP contribution in [0.25, 0.3) is 0 Å². The largest absolute Gasteiger partial charge is 0.462 e. The van der Waals surface area contributed by atoms with Crippen LogP contribution in [-0.2, 0) is 4.74 Å². The molecule has 0 aromatic carbocycles. The van der Waals surface area contributed by atoms with Gasteiger partial charge in [0.05, 0.1) is 12.2 Å². The SMILES string of the molecule is CCOC(=O)c1cc(C)sc1NC(=O)c1cccc(C)n1. The number of amides is 1. The van der Waals surface area contributed by atoms with Crippen molar-refractivity contribution >= 4 is 28.2 Å². The zero-order valence-corrected chi connectivity index (χ0v) is 12.9. The molecule has 110 valence electrons. The van der Waals surface area contributed by atoms with Gasteiger partial charge in [0.15, 0.2) is 0 Å². The maximum absolute atomic E-state index is 12.2. The van der Waals surface area contributed by atoms with Gasteiger partial charge in [0.1, 0.15) is 10.7 Å². The highest BCUT2D eigenvalue weighted by molar-refractivity contribution is 7.16. The van der Waals surface area contributed by atoms with Crippen LogP contribution in [0.1, 0.15) is 38.3 Å². The van der Waals surface area contributed by atoms with Crippen LogP contribution in [0.2, 0.25) is 0 Å². The van der Waals surface area contributed by atoms with Gasteiger partial charge in [-0.1, -0.05) is 6.07 Å². The van der Waals surface area contributed by atoms with Crippen LogP contribution in [-0.4, -0.2) is 23.5 Å². The maximum atomic E-state index is 12.2. The molecule has 0 saturated heterocycles. The standard InChI is InChI=1S/C15H16N2O3S/c1-4-20-15(19)11-8-10(3)21-14(11)17-13(18)12-7-5-6-9(2)16-12/h5-8H,4H2,1-3H3,(H,17,18). The first kappa shape index (κ1) is 15.2. The lowest BCUT2D eigenvalue weighted by Gasteiger charge is -2.06. The number of nitrogens with one attached hydrogen (secondary N) is 1. The predicted octanol–water partition coefficient (Wildman–Crippen LogP) is 3.19. The quantitative estimate of drug-likeness (QED) is 0.881. The summed E-state index contributed by atoms with van der Waals surface area (Å²) >= 11 is 1.34. The first-order valence-electron chi connectivity index (χ1n) is 6.53. The molecule has 5 nitrogen and oxygen atoms in total. The number of nitrogens with zero attached hydrogens (tertiary/aromatic N) is 1. The topological polar surface area (TPSA) is 68.3 Å². The summed E-state index contributed by atoms with van der Waals surface area (Å²) in [4.78, 5) is 29.1. The highest BCUT2D eigenvalue weighted by atomic mass is 32.1. The third-order valence-corrected chi connectivity index (χ3v) is 3.66. The lowest BCUT2D eigenvalue weighted by atomic mass is 10.2. The van der Waals surface area contributed by atoms with Gasteiger partial charge in [-0.2, -0.15) is 0 Å². The minimum atomic E-state index is -0.436. The molecule has 2 aromatic heterocycles. The molecule has 0 bridgehead atoms. The van der Waals surface area contributed by atoms with Crippen LogP contribution in [0, 0.1) is 13.8 Å². The Morgan fingerprint density at radius 1 is 1.33 bits per heavy atom. The number of aryl methyl sites for hydroxylation is 2. The number of hydrogen-bond donors (Lipinski definition) is 1. The lowest BCUT2D eigenvalue weighted by molar-refractivity contribution is 0.0528. The predicted molar refractivity (Wildman–Crippen MR) is 81.9 cm³/mol. The minimum Gasteiger partial charge on any atom is -0.462 e. The Morgan fingerprint density at radius 2 is 2.10 bits per heavy atom. The summed E-state index contributed by atoms with van der Waals surface area (Å²) in [6.07, 6.45) is 0. The molecule has 0 atom stereocenters. The van der Waals surface area contributed by atoms with E-state index in [2.05, 4.69) is 10.3 Å². The van der Waals surface area contributed by atoms with Crippen molar-refractivity contribution in [2.45, 2.75) is 20.8 Å². The molecule has 0 aliphatic rings. The number of pyridine rings is 1. The Labute approximate surface area is 127 Å². The minimum absolute atomic E-state index is 0.292. The van der Waals surface area contributed by atoms with Crippen molar-refractivity contribution in [2.75, 3.05) is 11.9 Å². The molecule has 0 radical (unpaired) electrons. The monoisotopic (exact) mass is 304 g/mol. The Morgan fingerprint density at radius 3 is 2.76 bits per heavy atom. The molecule has 2 aromatic rings. The average Bonchev–Trinajstić information content (AvgIpc) is 2.80. The third-order valence-electron chi connectivity index (χ3n) is 2.70. The van der Waals surface area contributed by atoms with E-state index in [0.717, 1.165) is 10.6 Å². The molecule has 0 fully saturated rings. The first-order valence-corrected chi connectivity index (χ1v) is 7.35. The van der Waals surface area contributed by atoms with Crippen molar-refractivity contribution in [1.29, 1.82) is 0 Å². The van der Waals surface area contributed by atoms with Crippen molar-refractivity contribution in [2.24, 2.45) is 0 Å². The number of thiophene rings is 1. The molecule has 0 aliphatic heterocycles. The van der Waals surface area contributed by atoms with Crippen LogP contribution in [0.3, 0.4) is 0 Å². The average molecular weight is 304 g/mol. The summed E-state index contributed by atoms with van der Waals surface area (Å²) in [6.45, 7) is 5.72. The van der Waals surface area contributed by atoms with Gasteiger partial charge in [0, 0.05) is 10.6 Å². The van der Waals surface area contributed by atoms with Gasteiger partial charge in [0.2, 0.25) is 0 Å². The van der Waals surface area contributed by atoms with Gasteiger partial charge in [-0.15, -0.1) is 11.3 Å². The molecule has 0 saturated carbocycles. The maximum Gasteiger partial charge on any atom is 0.341 e. The highest BCUT2D eigenvalue weighted by Gasteiger charge is 2.18. The fourth-order valence-electron chi connectivity index (χ4n) is 1.80. The van der Waals surface area contributed by atoms with Gasteiger partial charge in [0.25, 0.3) is 5.91 Å². The van der Waals surface area contributed by atoms with Crippen molar-refractivity contribution < 1.29 is 14.3 Å². The fraction of sp³-hybridized carbons (Fsp3) is 0.267. The van der Waals surface area contributed by atoms with Crippen LogP contribution < -0.4 is 5.32 Å². The van der Waals surface area contributed by atoms with E-state index in [1.807, 2.05) is 19.9 Å². The molecule has 0 aliphatic carbocycles. The Balaban J connectivity index is 2.23. The summed E-state index contributed by atoms with van der Waals surface area (Å²) in [7, 11) is 0. The van der Waals surface area contributed by atoms with E-state index in [1.165, 1.54) is 11.3 Å². The van der Waals surface area contributed by atoms with Gasteiger partial charge in [-0.3, -0.25) is 4.79 Å². The molecule has 6 heteroatoms. The summed E-state index contributed by atoms with van der Waals surface area (Å²) in [5.41, 5.74) is 1.45. The van der Waals surface area contributed by atoms with Crippen molar-refractivity contribution in [3.63, 3.8) is 0 Å². The molecule has 21 heavy (non-hydrogen) atoms. The number of hydrogen-bond acceptors (Lipinski definition) is 5. The van der Waals surface area contributed by atoms with Crippen LogP contribution in [0.15, 0.2) is 24.3 Å². The van der Waals surface area contributed by atoms with E-state index in [9.17, 15) is 9.59 Å². The molecular formula is C15H16N2O3S. The van der Waals surface area contributed by atoms with Crippen LogP contribution >= 0.6 is 11.3 Å². The highest BCUT2D eigenvalue weighted by Crippen LogP contribution is 2.28. The number of rotatable bonds is 4. The normalized spacial score (nSPS) is 10.2. The molecule has 2 rings (SSSR count). The van der Waals surface area contributed by atoms with Crippen LogP contribution in [0.5, 0.6) is 0 Å². The Hall–Kier alpha value is -2.21.